The number of hydrogen-bond donors (Lipinski definition) is 0. The van der Waals surface area contributed by atoms with E-state index < -0.39 is 0 Å². The van der Waals surface area contributed by atoms with E-state index in [1.807, 2.05) is 0 Å². The summed E-state index contributed by atoms with van der Waals surface area (Å²) in [4.78, 5) is 25.9. The largest absolute Gasteiger partial charge is 0.278 e. The number of halogens is 2. The molecule has 2 atom stereocenters. The van der Waals surface area contributed by atoms with Crippen LogP contribution in [0, 0.1) is 23.6 Å². The van der Waals surface area contributed by atoms with E-state index in [1.54, 1.807) is 6.07 Å². The number of carbonyl (C=O) groups excluding carboxylic acids is 2. The molecule has 0 N–H and O–H groups in total. The van der Waals surface area contributed by atoms with Gasteiger partial charge in [-0.15, -0.1) is 0 Å². The minimum atomic E-state index is -0.373. The van der Waals surface area contributed by atoms with E-state index in [9.17, 15) is 14.0 Å². The van der Waals surface area contributed by atoms with Crippen LogP contribution < -0.4 is 0 Å². The fourth-order valence-corrected chi connectivity index (χ4v) is 3.90. The normalized spacial score (nSPS) is 29.1. The smallest absolute Gasteiger partial charge is 0.233 e. The summed E-state index contributed by atoms with van der Waals surface area (Å²) >= 11 is 3.22. The second-order valence-electron chi connectivity index (χ2n) is 5.83. The third kappa shape index (κ3) is 2.28. The van der Waals surface area contributed by atoms with Crippen molar-refractivity contribution in [3.8, 4) is 0 Å². The molecule has 2 fully saturated rings. The highest BCUT2D eigenvalue weighted by Gasteiger charge is 2.51. The lowest BCUT2D eigenvalue weighted by Crippen LogP contribution is -2.31. The van der Waals surface area contributed by atoms with Gasteiger partial charge in [0, 0.05) is 4.47 Å². The van der Waals surface area contributed by atoms with Gasteiger partial charge in [0.2, 0.25) is 11.8 Å². The van der Waals surface area contributed by atoms with Gasteiger partial charge in [0.1, 0.15) is 5.82 Å². The molecular weight excluding hydrogens is 325 g/mol. The highest BCUT2D eigenvalue weighted by Crippen LogP contribution is 2.43. The van der Waals surface area contributed by atoms with Gasteiger partial charge in [0.25, 0.3) is 0 Å². The molecule has 3 nitrogen and oxygen atoms in total. The second kappa shape index (κ2) is 4.95. The standard InChI is InChI=1S/C15H15BrFNO2/c1-8-2-12-13(3-8)15(20)18(14(12)19)7-9-4-10(16)6-11(17)5-9/h4-6,8,12-13H,2-3,7H2,1H3. The number of nitrogens with zero attached hydrogens (tertiary/aromatic N) is 1. The average Bonchev–Trinajstić information content (AvgIpc) is 2.83. The maximum Gasteiger partial charge on any atom is 0.233 e. The van der Waals surface area contributed by atoms with Crippen molar-refractivity contribution >= 4 is 27.7 Å². The van der Waals surface area contributed by atoms with Crippen LogP contribution in [0.25, 0.3) is 0 Å². The summed E-state index contributed by atoms with van der Waals surface area (Å²) < 4.78 is 14.0. The van der Waals surface area contributed by atoms with Crippen molar-refractivity contribution in [3.05, 3.63) is 34.1 Å². The van der Waals surface area contributed by atoms with Crippen LogP contribution in [0.2, 0.25) is 0 Å². The van der Waals surface area contributed by atoms with Gasteiger partial charge in [-0.1, -0.05) is 22.9 Å². The van der Waals surface area contributed by atoms with Gasteiger partial charge in [-0.05, 0) is 42.5 Å². The second-order valence-corrected chi connectivity index (χ2v) is 6.75. The molecular formula is C15H15BrFNO2. The molecule has 1 aliphatic heterocycles. The molecule has 0 radical (unpaired) electrons. The molecule has 1 heterocycles. The van der Waals surface area contributed by atoms with Gasteiger partial charge in [-0.2, -0.15) is 0 Å². The number of carbonyl (C=O) groups is 2. The summed E-state index contributed by atoms with van der Waals surface area (Å²) in [5, 5.41) is 0. The maximum atomic E-state index is 13.4. The summed E-state index contributed by atoms with van der Waals surface area (Å²) in [6, 6.07) is 4.45. The first-order valence-corrected chi connectivity index (χ1v) is 7.55. The maximum absolute atomic E-state index is 13.4. The van der Waals surface area contributed by atoms with E-state index >= 15 is 0 Å². The first-order valence-electron chi connectivity index (χ1n) is 6.76. The van der Waals surface area contributed by atoms with Gasteiger partial charge in [-0.25, -0.2) is 4.39 Å². The quantitative estimate of drug-likeness (QED) is 0.776. The van der Waals surface area contributed by atoms with E-state index in [-0.39, 0.29) is 36.0 Å². The zero-order valence-electron chi connectivity index (χ0n) is 11.1. The number of rotatable bonds is 2. The predicted molar refractivity (Wildman–Crippen MR) is 75.0 cm³/mol. The Morgan fingerprint density at radius 2 is 1.80 bits per heavy atom. The number of fused-ring (bicyclic) bond motifs is 1. The van der Waals surface area contributed by atoms with Crippen LogP contribution in [0.1, 0.15) is 25.3 Å². The molecule has 1 saturated heterocycles. The van der Waals surface area contributed by atoms with Gasteiger partial charge in [0.15, 0.2) is 0 Å². The Morgan fingerprint density at radius 1 is 1.20 bits per heavy atom. The van der Waals surface area contributed by atoms with Crippen LogP contribution in [-0.4, -0.2) is 16.7 Å². The Kier molecular flexibility index (Phi) is 3.40. The molecule has 1 aromatic carbocycles. The lowest BCUT2D eigenvalue weighted by atomic mass is 10.00. The molecule has 3 rings (SSSR count). The fourth-order valence-electron chi connectivity index (χ4n) is 3.39. The first kappa shape index (κ1) is 13.7. The van der Waals surface area contributed by atoms with Crippen molar-refractivity contribution in [2.45, 2.75) is 26.3 Å². The number of hydrogen-bond acceptors (Lipinski definition) is 2. The van der Waals surface area contributed by atoms with Gasteiger partial charge in [-0.3, -0.25) is 14.5 Å². The molecule has 1 aliphatic carbocycles. The zero-order chi connectivity index (χ0) is 14.4. The van der Waals surface area contributed by atoms with Crippen molar-refractivity contribution < 1.29 is 14.0 Å². The van der Waals surface area contributed by atoms with Crippen molar-refractivity contribution in [1.82, 2.24) is 4.90 Å². The van der Waals surface area contributed by atoms with Crippen LogP contribution in [-0.2, 0) is 16.1 Å². The highest BCUT2D eigenvalue weighted by atomic mass is 79.9. The summed E-state index contributed by atoms with van der Waals surface area (Å²) in [7, 11) is 0. The molecule has 0 aromatic heterocycles. The lowest BCUT2D eigenvalue weighted by Gasteiger charge is -2.17. The minimum absolute atomic E-state index is 0.0928. The van der Waals surface area contributed by atoms with Crippen LogP contribution >= 0.6 is 15.9 Å². The third-order valence-electron chi connectivity index (χ3n) is 4.23. The molecule has 2 unspecified atom stereocenters. The van der Waals surface area contributed by atoms with Crippen LogP contribution in [0.5, 0.6) is 0 Å². The molecule has 5 heteroatoms. The summed E-state index contributed by atoms with van der Waals surface area (Å²) in [5.74, 6) is -0.441. The number of imide groups is 1. The van der Waals surface area contributed by atoms with Gasteiger partial charge in [0.05, 0.1) is 18.4 Å². The minimum Gasteiger partial charge on any atom is -0.278 e. The van der Waals surface area contributed by atoms with Gasteiger partial charge >= 0.3 is 0 Å². The number of benzene rings is 1. The SMILES string of the molecule is CC1CC2C(=O)N(Cc3cc(F)cc(Br)c3)C(=O)C2C1. The van der Waals surface area contributed by atoms with Crippen molar-refractivity contribution in [2.75, 3.05) is 0 Å². The van der Waals surface area contributed by atoms with E-state index in [0.29, 0.717) is 16.0 Å². The molecule has 20 heavy (non-hydrogen) atoms. The van der Waals surface area contributed by atoms with E-state index in [1.165, 1.54) is 17.0 Å². The van der Waals surface area contributed by atoms with Crippen LogP contribution in [0.4, 0.5) is 4.39 Å². The fraction of sp³-hybridized carbons (Fsp3) is 0.467. The summed E-state index contributed by atoms with van der Waals surface area (Å²) in [5.41, 5.74) is 0.631. The van der Waals surface area contributed by atoms with Crippen LogP contribution in [0.15, 0.2) is 22.7 Å². The first-order chi connectivity index (χ1) is 9.45. The van der Waals surface area contributed by atoms with E-state index in [2.05, 4.69) is 22.9 Å². The third-order valence-corrected chi connectivity index (χ3v) is 4.69. The predicted octanol–water partition coefficient (Wildman–Crippen LogP) is 3.12. The molecule has 0 spiro atoms. The van der Waals surface area contributed by atoms with Crippen molar-refractivity contribution in [2.24, 2.45) is 17.8 Å². The Balaban J connectivity index is 1.82. The molecule has 106 valence electrons. The zero-order valence-corrected chi connectivity index (χ0v) is 12.7. The molecule has 0 bridgehead atoms. The van der Waals surface area contributed by atoms with Crippen LogP contribution in [0.3, 0.4) is 0 Å². The van der Waals surface area contributed by atoms with Gasteiger partial charge < -0.3 is 0 Å². The Bertz CT molecular complexity index is 545. The molecule has 2 aliphatic rings. The van der Waals surface area contributed by atoms with Crippen molar-refractivity contribution in [1.29, 1.82) is 0 Å². The number of likely N-dealkylation sites (tertiary alicyclic amines) is 1. The molecule has 1 aromatic rings. The topological polar surface area (TPSA) is 37.4 Å². The molecule has 1 saturated carbocycles. The Labute approximate surface area is 125 Å². The Hall–Kier alpha value is -1.23. The monoisotopic (exact) mass is 339 g/mol. The average molecular weight is 340 g/mol. The summed E-state index contributed by atoms with van der Waals surface area (Å²) in [6.45, 7) is 2.24. The van der Waals surface area contributed by atoms with E-state index in [0.717, 1.165) is 12.8 Å². The lowest BCUT2D eigenvalue weighted by molar-refractivity contribution is -0.141. The Morgan fingerprint density at radius 3 is 2.35 bits per heavy atom. The summed E-state index contributed by atoms with van der Waals surface area (Å²) in [6.07, 6.45) is 1.58. The highest BCUT2D eigenvalue weighted by molar-refractivity contribution is 9.10. The number of amides is 2. The van der Waals surface area contributed by atoms with E-state index in [4.69, 9.17) is 0 Å². The molecule has 2 amide bonds. The van der Waals surface area contributed by atoms with Crippen molar-refractivity contribution in [3.63, 3.8) is 0 Å².